The van der Waals surface area contributed by atoms with Gasteiger partial charge in [-0.1, -0.05) is 0 Å². The molecule has 3 heteroatoms. The Kier molecular flexibility index (Phi) is 2.16. The van der Waals surface area contributed by atoms with Crippen LogP contribution in [0.4, 0.5) is 0 Å². The Balaban J connectivity index is 2.61. The molecule has 0 N–H and O–H groups in total. The largest absolute Gasteiger partial charge is 0.272 e. The van der Waals surface area contributed by atoms with E-state index in [9.17, 15) is 0 Å². The van der Waals surface area contributed by atoms with Crippen LogP contribution in [0, 0.1) is 6.92 Å². The highest BCUT2D eigenvalue weighted by molar-refractivity contribution is 7.80. The molecule has 0 fully saturated rings. The lowest BCUT2D eigenvalue weighted by Crippen LogP contribution is -1.99. The van der Waals surface area contributed by atoms with Gasteiger partial charge in [-0.05, 0) is 13.0 Å². The van der Waals surface area contributed by atoms with Gasteiger partial charge >= 0.3 is 0 Å². The molecular formula is C6H10N2S. The van der Waals surface area contributed by atoms with Crippen LogP contribution >= 0.6 is 12.6 Å². The van der Waals surface area contributed by atoms with Crippen LogP contribution in [-0.4, -0.2) is 15.5 Å². The van der Waals surface area contributed by atoms with Crippen LogP contribution < -0.4 is 0 Å². The zero-order valence-corrected chi connectivity index (χ0v) is 6.30. The van der Waals surface area contributed by atoms with Crippen molar-refractivity contribution in [2.24, 2.45) is 0 Å². The third-order valence-electron chi connectivity index (χ3n) is 1.10. The van der Waals surface area contributed by atoms with Crippen molar-refractivity contribution < 1.29 is 0 Å². The fourth-order valence-electron chi connectivity index (χ4n) is 0.690. The summed E-state index contributed by atoms with van der Waals surface area (Å²) in [6.45, 7) is 2.88. The predicted octanol–water partition coefficient (Wildman–Crippen LogP) is 1.12. The molecule has 1 heterocycles. The van der Waals surface area contributed by atoms with Gasteiger partial charge in [-0.25, -0.2) is 0 Å². The molecule has 0 amide bonds. The summed E-state index contributed by atoms with van der Waals surface area (Å²) < 4.78 is 1.89. The zero-order valence-electron chi connectivity index (χ0n) is 5.41. The molecule has 1 aromatic heterocycles. The van der Waals surface area contributed by atoms with E-state index in [1.165, 1.54) is 0 Å². The molecule has 9 heavy (non-hydrogen) atoms. The van der Waals surface area contributed by atoms with Crippen molar-refractivity contribution in [2.75, 3.05) is 5.75 Å². The summed E-state index contributed by atoms with van der Waals surface area (Å²) in [6, 6.07) is 1.99. The fourth-order valence-corrected chi connectivity index (χ4v) is 0.895. The minimum Gasteiger partial charge on any atom is -0.272 e. The van der Waals surface area contributed by atoms with Gasteiger partial charge in [0.15, 0.2) is 0 Å². The Morgan fingerprint density at radius 2 is 2.56 bits per heavy atom. The average Bonchev–Trinajstić information content (AvgIpc) is 2.17. The maximum Gasteiger partial charge on any atom is 0.0593 e. The summed E-state index contributed by atoms with van der Waals surface area (Å²) in [5, 5.41) is 4.17. The van der Waals surface area contributed by atoms with Crippen LogP contribution in [0.1, 0.15) is 5.69 Å². The lowest BCUT2D eigenvalue weighted by atomic mass is 10.5. The highest BCUT2D eigenvalue weighted by Crippen LogP contribution is 1.92. The molecule has 0 saturated carbocycles. The Morgan fingerprint density at radius 3 is 3.00 bits per heavy atom. The first-order chi connectivity index (χ1) is 4.33. The second-order valence-corrected chi connectivity index (χ2v) is 2.39. The molecule has 1 rings (SSSR count). The van der Waals surface area contributed by atoms with Crippen LogP contribution in [0.15, 0.2) is 12.3 Å². The van der Waals surface area contributed by atoms with Crippen LogP contribution in [0.5, 0.6) is 0 Å². The molecule has 0 aliphatic heterocycles. The first kappa shape index (κ1) is 6.68. The van der Waals surface area contributed by atoms with Crippen LogP contribution in [-0.2, 0) is 6.54 Å². The summed E-state index contributed by atoms with van der Waals surface area (Å²) in [4.78, 5) is 0. The number of rotatable bonds is 2. The van der Waals surface area contributed by atoms with Crippen molar-refractivity contribution in [3.63, 3.8) is 0 Å². The van der Waals surface area contributed by atoms with E-state index in [1.807, 2.05) is 23.9 Å². The zero-order chi connectivity index (χ0) is 6.69. The number of aryl methyl sites for hydroxylation is 2. The molecule has 0 radical (unpaired) electrons. The van der Waals surface area contributed by atoms with E-state index < -0.39 is 0 Å². The summed E-state index contributed by atoms with van der Waals surface area (Å²) in [5.74, 6) is 0.848. The number of aromatic nitrogens is 2. The van der Waals surface area contributed by atoms with Gasteiger partial charge in [0, 0.05) is 18.5 Å². The van der Waals surface area contributed by atoms with Gasteiger partial charge in [0.25, 0.3) is 0 Å². The summed E-state index contributed by atoms with van der Waals surface area (Å²) in [7, 11) is 0. The molecule has 0 unspecified atom stereocenters. The molecule has 0 atom stereocenters. The van der Waals surface area contributed by atoms with E-state index in [4.69, 9.17) is 0 Å². The molecule has 0 spiro atoms. The predicted molar refractivity (Wildman–Crippen MR) is 40.8 cm³/mol. The van der Waals surface area contributed by atoms with Crippen molar-refractivity contribution >= 4 is 12.6 Å². The third-order valence-corrected chi connectivity index (χ3v) is 1.30. The van der Waals surface area contributed by atoms with E-state index in [-0.39, 0.29) is 0 Å². The van der Waals surface area contributed by atoms with Gasteiger partial charge in [-0.3, -0.25) is 4.68 Å². The van der Waals surface area contributed by atoms with E-state index >= 15 is 0 Å². The Labute approximate surface area is 60.3 Å². The monoisotopic (exact) mass is 142 g/mol. The maximum atomic E-state index is 4.17. The number of hydrogen-bond acceptors (Lipinski definition) is 2. The van der Waals surface area contributed by atoms with Crippen molar-refractivity contribution in [3.05, 3.63) is 18.0 Å². The summed E-state index contributed by atoms with van der Waals surface area (Å²) in [5.41, 5.74) is 1.07. The molecule has 0 aliphatic carbocycles. The van der Waals surface area contributed by atoms with E-state index in [0.717, 1.165) is 18.0 Å². The lowest BCUT2D eigenvalue weighted by molar-refractivity contribution is 0.661. The highest BCUT2D eigenvalue weighted by Gasteiger charge is 1.89. The molecule has 1 aromatic rings. The summed E-state index contributed by atoms with van der Waals surface area (Å²) >= 11 is 4.08. The first-order valence-corrected chi connectivity index (χ1v) is 3.57. The van der Waals surface area contributed by atoms with Gasteiger partial charge in [-0.15, -0.1) is 0 Å². The van der Waals surface area contributed by atoms with Crippen molar-refractivity contribution in [1.29, 1.82) is 0 Å². The molecule has 2 nitrogen and oxygen atoms in total. The minimum absolute atomic E-state index is 0.848. The average molecular weight is 142 g/mol. The lowest BCUT2D eigenvalue weighted by Gasteiger charge is -1.93. The number of hydrogen-bond donors (Lipinski definition) is 1. The molecule has 0 saturated heterocycles. The van der Waals surface area contributed by atoms with E-state index in [0.29, 0.717) is 0 Å². The van der Waals surface area contributed by atoms with E-state index in [2.05, 4.69) is 17.7 Å². The molecule has 0 aromatic carbocycles. The number of thiol groups is 1. The maximum absolute atomic E-state index is 4.17. The van der Waals surface area contributed by atoms with Gasteiger partial charge < -0.3 is 0 Å². The topological polar surface area (TPSA) is 17.8 Å². The van der Waals surface area contributed by atoms with Crippen LogP contribution in [0.3, 0.4) is 0 Å². The summed E-state index contributed by atoms with van der Waals surface area (Å²) in [6.07, 6.45) is 1.96. The quantitative estimate of drug-likeness (QED) is 0.613. The second kappa shape index (κ2) is 2.92. The van der Waals surface area contributed by atoms with Gasteiger partial charge in [0.1, 0.15) is 0 Å². The van der Waals surface area contributed by atoms with Crippen molar-refractivity contribution in [3.8, 4) is 0 Å². The number of nitrogens with zero attached hydrogens (tertiary/aromatic N) is 2. The van der Waals surface area contributed by atoms with Gasteiger partial charge in [0.05, 0.1) is 5.69 Å². The van der Waals surface area contributed by atoms with Crippen LogP contribution in [0.2, 0.25) is 0 Å². The van der Waals surface area contributed by atoms with Gasteiger partial charge in [0.2, 0.25) is 0 Å². The Morgan fingerprint density at radius 1 is 1.78 bits per heavy atom. The molecule has 0 aliphatic rings. The van der Waals surface area contributed by atoms with Crippen molar-refractivity contribution in [1.82, 2.24) is 9.78 Å². The van der Waals surface area contributed by atoms with E-state index in [1.54, 1.807) is 0 Å². The van der Waals surface area contributed by atoms with Crippen molar-refractivity contribution in [2.45, 2.75) is 13.5 Å². The Hall–Kier alpha value is -0.440. The van der Waals surface area contributed by atoms with Gasteiger partial charge in [-0.2, -0.15) is 17.7 Å². The Bertz CT molecular complexity index is 183. The first-order valence-electron chi connectivity index (χ1n) is 2.94. The molecule has 0 bridgehead atoms. The third kappa shape index (κ3) is 1.75. The molecular weight excluding hydrogens is 132 g/mol. The standard InChI is InChI=1S/C6H10N2S/c1-6-2-3-8(7-6)4-5-9/h2-3,9H,4-5H2,1H3. The SMILES string of the molecule is Cc1ccn(CCS)n1. The molecule has 50 valence electrons. The minimum atomic E-state index is 0.848. The smallest absolute Gasteiger partial charge is 0.0593 e. The highest BCUT2D eigenvalue weighted by atomic mass is 32.1. The second-order valence-electron chi connectivity index (χ2n) is 1.94. The fraction of sp³-hybridized carbons (Fsp3) is 0.500. The normalized spacial score (nSPS) is 10.0. The van der Waals surface area contributed by atoms with Crippen LogP contribution in [0.25, 0.3) is 0 Å².